The monoisotopic (exact) mass is 381 g/mol. The third kappa shape index (κ3) is 4.43. The summed E-state index contributed by atoms with van der Waals surface area (Å²) in [4.78, 5) is 13.3. The Balaban J connectivity index is 1.59. The number of amides is 1. The summed E-state index contributed by atoms with van der Waals surface area (Å²) in [6.07, 6.45) is 1.71. The first kappa shape index (κ1) is 18.7. The van der Waals surface area contributed by atoms with Crippen LogP contribution in [0.4, 0.5) is 5.82 Å². The minimum absolute atomic E-state index is 0.0759. The lowest BCUT2D eigenvalue weighted by Crippen LogP contribution is -2.24. The molecule has 0 bridgehead atoms. The van der Waals surface area contributed by atoms with Crippen LogP contribution in [-0.4, -0.2) is 15.7 Å². The Bertz CT molecular complexity index is 1030. The van der Waals surface area contributed by atoms with Crippen molar-refractivity contribution < 1.29 is 4.79 Å². The highest BCUT2D eigenvalue weighted by atomic mass is 16.2. The maximum atomic E-state index is 13.3. The summed E-state index contributed by atoms with van der Waals surface area (Å²) in [6, 6.07) is 29.9. The predicted molar refractivity (Wildman–Crippen MR) is 116 cm³/mol. The molecule has 0 aliphatic carbocycles. The molecule has 1 aromatic heterocycles. The van der Waals surface area contributed by atoms with E-state index in [9.17, 15) is 4.79 Å². The van der Waals surface area contributed by atoms with Gasteiger partial charge in [0, 0.05) is 6.07 Å². The van der Waals surface area contributed by atoms with E-state index in [1.54, 1.807) is 6.20 Å². The molecule has 1 amide bonds. The molecule has 4 heteroatoms. The standard InChI is InChI=1S/C25H23N3O/c1-19-12-14-20(15-13-19)18-28-23(16-17-26-28)27-25(29)24(21-8-4-2-5-9-21)22-10-6-3-7-11-22/h2-17,24H,18H2,1H3,(H,27,29). The predicted octanol–water partition coefficient (Wildman–Crippen LogP) is 5.01. The van der Waals surface area contributed by atoms with Crippen LogP contribution >= 0.6 is 0 Å². The maximum Gasteiger partial charge on any atom is 0.237 e. The summed E-state index contributed by atoms with van der Waals surface area (Å²) in [6.45, 7) is 2.67. The lowest BCUT2D eigenvalue weighted by Gasteiger charge is -2.18. The zero-order valence-electron chi connectivity index (χ0n) is 16.3. The van der Waals surface area contributed by atoms with Gasteiger partial charge >= 0.3 is 0 Å². The number of carbonyl (C=O) groups excluding carboxylic acids is 1. The Morgan fingerprint density at radius 2 is 1.45 bits per heavy atom. The number of hydrogen-bond donors (Lipinski definition) is 1. The molecule has 0 saturated carbocycles. The fourth-order valence-corrected chi connectivity index (χ4v) is 3.42. The maximum absolute atomic E-state index is 13.3. The average molecular weight is 381 g/mol. The quantitative estimate of drug-likeness (QED) is 0.510. The zero-order chi connectivity index (χ0) is 20.1. The van der Waals surface area contributed by atoms with Gasteiger partial charge in [0.1, 0.15) is 5.82 Å². The van der Waals surface area contributed by atoms with E-state index in [1.165, 1.54) is 5.56 Å². The van der Waals surface area contributed by atoms with Gasteiger partial charge in [-0.25, -0.2) is 4.68 Å². The highest BCUT2D eigenvalue weighted by molar-refractivity contribution is 5.97. The first-order valence-corrected chi connectivity index (χ1v) is 9.69. The first-order valence-electron chi connectivity index (χ1n) is 9.69. The molecule has 0 saturated heterocycles. The van der Waals surface area contributed by atoms with E-state index in [2.05, 4.69) is 41.6 Å². The number of aromatic nitrogens is 2. The van der Waals surface area contributed by atoms with E-state index in [-0.39, 0.29) is 11.8 Å². The van der Waals surface area contributed by atoms with E-state index < -0.39 is 0 Å². The highest BCUT2D eigenvalue weighted by Crippen LogP contribution is 2.26. The van der Waals surface area contributed by atoms with Crippen molar-refractivity contribution in [3.63, 3.8) is 0 Å². The number of rotatable bonds is 6. The lowest BCUT2D eigenvalue weighted by molar-refractivity contribution is -0.116. The molecule has 4 aromatic rings. The highest BCUT2D eigenvalue weighted by Gasteiger charge is 2.23. The van der Waals surface area contributed by atoms with Gasteiger partial charge in [0.25, 0.3) is 0 Å². The number of anilines is 1. The minimum atomic E-state index is -0.389. The van der Waals surface area contributed by atoms with E-state index in [1.807, 2.05) is 71.4 Å². The third-order valence-corrected chi connectivity index (χ3v) is 4.95. The minimum Gasteiger partial charge on any atom is -0.310 e. The molecule has 0 radical (unpaired) electrons. The van der Waals surface area contributed by atoms with Crippen molar-refractivity contribution in [2.24, 2.45) is 0 Å². The van der Waals surface area contributed by atoms with Crippen LogP contribution in [0.5, 0.6) is 0 Å². The van der Waals surface area contributed by atoms with Crippen molar-refractivity contribution in [1.29, 1.82) is 0 Å². The van der Waals surface area contributed by atoms with Gasteiger partial charge in [0.2, 0.25) is 5.91 Å². The smallest absolute Gasteiger partial charge is 0.237 e. The van der Waals surface area contributed by atoms with Gasteiger partial charge in [-0.3, -0.25) is 4.79 Å². The molecule has 144 valence electrons. The topological polar surface area (TPSA) is 46.9 Å². The van der Waals surface area contributed by atoms with Gasteiger partial charge < -0.3 is 5.32 Å². The van der Waals surface area contributed by atoms with Crippen LogP contribution in [0.15, 0.2) is 97.2 Å². The second kappa shape index (κ2) is 8.57. The van der Waals surface area contributed by atoms with E-state index in [4.69, 9.17) is 0 Å². The van der Waals surface area contributed by atoms with Gasteiger partial charge in [0.15, 0.2) is 0 Å². The fourth-order valence-electron chi connectivity index (χ4n) is 3.42. The molecule has 0 fully saturated rings. The van der Waals surface area contributed by atoms with Crippen LogP contribution in [-0.2, 0) is 11.3 Å². The number of aryl methyl sites for hydroxylation is 1. The Labute approximate surface area is 170 Å². The van der Waals surface area contributed by atoms with Crippen LogP contribution < -0.4 is 5.32 Å². The third-order valence-electron chi connectivity index (χ3n) is 4.95. The van der Waals surface area contributed by atoms with Crippen LogP contribution in [0.2, 0.25) is 0 Å². The lowest BCUT2D eigenvalue weighted by atomic mass is 9.90. The Morgan fingerprint density at radius 1 is 0.862 bits per heavy atom. The molecule has 29 heavy (non-hydrogen) atoms. The summed E-state index contributed by atoms with van der Waals surface area (Å²) in [5.74, 6) is 0.223. The zero-order valence-corrected chi connectivity index (χ0v) is 16.3. The van der Waals surface area contributed by atoms with Gasteiger partial charge in [-0.1, -0.05) is 90.5 Å². The molecule has 1 N–H and O–H groups in total. The van der Waals surface area contributed by atoms with Crippen molar-refractivity contribution in [3.8, 4) is 0 Å². The van der Waals surface area contributed by atoms with Crippen LogP contribution in [0.1, 0.15) is 28.2 Å². The molecular formula is C25H23N3O. The SMILES string of the molecule is Cc1ccc(Cn2nccc2NC(=O)C(c2ccccc2)c2ccccc2)cc1. The molecule has 0 aliphatic rings. The molecule has 0 unspecified atom stereocenters. The van der Waals surface area contributed by atoms with Crippen molar-refractivity contribution in [2.75, 3.05) is 5.32 Å². The fraction of sp³-hybridized carbons (Fsp3) is 0.120. The van der Waals surface area contributed by atoms with Crippen molar-refractivity contribution >= 4 is 11.7 Å². The van der Waals surface area contributed by atoms with Gasteiger partial charge in [-0.05, 0) is 23.6 Å². The number of nitrogens with zero attached hydrogens (tertiary/aromatic N) is 2. The molecule has 3 aromatic carbocycles. The van der Waals surface area contributed by atoms with Crippen LogP contribution in [0, 0.1) is 6.92 Å². The molecular weight excluding hydrogens is 358 g/mol. The van der Waals surface area contributed by atoms with Gasteiger partial charge in [-0.15, -0.1) is 0 Å². The summed E-state index contributed by atoms with van der Waals surface area (Å²) < 4.78 is 1.82. The number of benzene rings is 3. The molecule has 1 heterocycles. The average Bonchev–Trinajstić information content (AvgIpc) is 3.18. The Morgan fingerprint density at radius 3 is 2.03 bits per heavy atom. The number of carbonyl (C=O) groups is 1. The molecule has 0 aliphatic heterocycles. The number of nitrogens with one attached hydrogen (secondary N) is 1. The molecule has 0 atom stereocenters. The molecule has 4 rings (SSSR count). The number of hydrogen-bond acceptors (Lipinski definition) is 2. The Kier molecular flexibility index (Phi) is 5.52. The Hall–Kier alpha value is -3.66. The normalized spacial score (nSPS) is 10.8. The first-order chi connectivity index (χ1) is 14.2. The second-order valence-corrected chi connectivity index (χ2v) is 7.10. The van der Waals surface area contributed by atoms with E-state index >= 15 is 0 Å². The largest absolute Gasteiger partial charge is 0.310 e. The van der Waals surface area contributed by atoms with E-state index in [0.717, 1.165) is 16.7 Å². The molecule has 0 spiro atoms. The van der Waals surface area contributed by atoms with Crippen molar-refractivity contribution in [3.05, 3.63) is 119 Å². The second-order valence-electron chi connectivity index (χ2n) is 7.10. The van der Waals surface area contributed by atoms with E-state index in [0.29, 0.717) is 12.4 Å². The summed E-state index contributed by atoms with van der Waals surface area (Å²) in [5, 5.41) is 7.47. The molecule has 4 nitrogen and oxygen atoms in total. The summed E-state index contributed by atoms with van der Waals surface area (Å²) >= 11 is 0. The van der Waals surface area contributed by atoms with Gasteiger partial charge in [0.05, 0.1) is 18.7 Å². The summed E-state index contributed by atoms with van der Waals surface area (Å²) in [7, 11) is 0. The summed E-state index contributed by atoms with van der Waals surface area (Å²) in [5.41, 5.74) is 4.27. The van der Waals surface area contributed by atoms with Gasteiger partial charge in [-0.2, -0.15) is 5.10 Å². The van der Waals surface area contributed by atoms with Crippen molar-refractivity contribution in [2.45, 2.75) is 19.4 Å². The van der Waals surface area contributed by atoms with Crippen LogP contribution in [0.25, 0.3) is 0 Å². The van der Waals surface area contributed by atoms with Crippen LogP contribution in [0.3, 0.4) is 0 Å². The van der Waals surface area contributed by atoms with Crippen molar-refractivity contribution in [1.82, 2.24) is 9.78 Å².